The summed E-state index contributed by atoms with van der Waals surface area (Å²) < 4.78 is 0. The number of rotatable bonds is 5. The van der Waals surface area contributed by atoms with E-state index >= 15 is 0 Å². The molecule has 2 amide bonds. The normalized spacial score (nSPS) is 23.0. The maximum absolute atomic E-state index is 12.8. The third-order valence-electron chi connectivity index (χ3n) is 5.24. The highest BCUT2D eigenvalue weighted by Gasteiger charge is 2.39. The van der Waals surface area contributed by atoms with Gasteiger partial charge in [0.05, 0.1) is 6.42 Å². The molecule has 1 aliphatic rings. The molecule has 132 valence electrons. The first-order valence-electron chi connectivity index (χ1n) is 8.86. The zero-order valence-corrected chi connectivity index (χ0v) is 15.3. The topological polar surface area (TPSA) is 72.2 Å². The lowest BCUT2D eigenvalue weighted by atomic mass is 9.64. The minimum Gasteiger partial charge on any atom is -0.369 e. The zero-order valence-electron chi connectivity index (χ0n) is 15.3. The molecular formula is C20H30N2O2. The summed E-state index contributed by atoms with van der Waals surface area (Å²) in [6, 6.07) is 7.36. The Morgan fingerprint density at radius 2 is 1.88 bits per heavy atom. The number of anilines is 1. The second-order valence-electron chi connectivity index (χ2n) is 8.25. The summed E-state index contributed by atoms with van der Waals surface area (Å²) in [4.78, 5) is 23.8. The lowest BCUT2D eigenvalue weighted by Crippen LogP contribution is -2.39. The number of hydrogen-bond acceptors (Lipinski definition) is 2. The van der Waals surface area contributed by atoms with Gasteiger partial charge in [0.2, 0.25) is 11.8 Å². The molecule has 0 heterocycles. The van der Waals surface area contributed by atoms with Crippen molar-refractivity contribution in [3.05, 3.63) is 29.8 Å². The van der Waals surface area contributed by atoms with Crippen LogP contribution in [0.4, 0.5) is 5.69 Å². The number of hydrogen-bond donors (Lipinski definition) is 2. The van der Waals surface area contributed by atoms with Crippen molar-refractivity contribution in [1.82, 2.24) is 0 Å². The fourth-order valence-corrected chi connectivity index (χ4v) is 3.83. The molecular weight excluding hydrogens is 300 g/mol. The van der Waals surface area contributed by atoms with E-state index < -0.39 is 0 Å². The average Bonchev–Trinajstić information content (AvgIpc) is 2.47. The number of primary amides is 1. The molecule has 2 atom stereocenters. The van der Waals surface area contributed by atoms with Gasteiger partial charge in [0.25, 0.3) is 0 Å². The Labute approximate surface area is 145 Å². The predicted octanol–water partition coefficient (Wildman–Crippen LogP) is 3.75. The van der Waals surface area contributed by atoms with Gasteiger partial charge >= 0.3 is 0 Å². The predicted molar refractivity (Wildman–Crippen MR) is 97.4 cm³/mol. The smallest absolute Gasteiger partial charge is 0.227 e. The van der Waals surface area contributed by atoms with E-state index in [9.17, 15) is 9.59 Å². The standard InChI is InChI=1S/C20H30N2O2/c1-13(2)16-9-10-20(3,4)12-17(16)19(24)22-15-7-5-14(6-8-15)11-18(21)23/h5-8,13,16-17H,9-12H2,1-4H3,(H2,21,23)(H,22,24). The number of carbonyl (C=O) groups excluding carboxylic acids is 2. The maximum Gasteiger partial charge on any atom is 0.227 e. The molecule has 1 aromatic carbocycles. The summed E-state index contributed by atoms with van der Waals surface area (Å²) >= 11 is 0. The highest BCUT2D eigenvalue weighted by Crippen LogP contribution is 2.44. The van der Waals surface area contributed by atoms with E-state index in [-0.39, 0.29) is 29.6 Å². The molecule has 1 saturated carbocycles. The first-order chi connectivity index (χ1) is 11.2. The van der Waals surface area contributed by atoms with Crippen molar-refractivity contribution < 1.29 is 9.59 Å². The van der Waals surface area contributed by atoms with Gasteiger partial charge in [0, 0.05) is 11.6 Å². The number of nitrogens with one attached hydrogen (secondary N) is 1. The lowest BCUT2D eigenvalue weighted by molar-refractivity contribution is -0.125. The van der Waals surface area contributed by atoms with Crippen molar-refractivity contribution >= 4 is 17.5 Å². The van der Waals surface area contributed by atoms with Gasteiger partial charge in [-0.25, -0.2) is 0 Å². The average molecular weight is 330 g/mol. The molecule has 0 bridgehead atoms. The summed E-state index contributed by atoms with van der Waals surface area (Å²) in [6.45, 7) is 8.93. The first kappa shape index (κ1) is 18.5. The second kappa shape index (κ2) is 7.37. The number of amides is 2. The molecule has 0 aliphatic heterocycles. The summed E-state index contributed by atoms with van der Waals surface area (Å²) in [5.41, 5.74) is 7.06. The molecule has 0 aromatic heterocycles. The summed E-state index contributed by atoms with van der Waals surface area (Å²) in [7, 11) is 0. The van der Waals surface area contributed by atoms with Gasteiger partial charge < -0.3 is 11.1 Å². The van der Waals surface area contributed by atoms with Crippen molar-refractivity contribution in [2.75, 3.05) is 5.32 Å². The minimum atomic E-state index is -0.351. The highest BCUT2D eigenvalue weighted by atomic mass is 16.2. The molecule has 2 unspecified atom stereocenters. The Hall–Kier alpha value is -1.84. The number of benzene rings is 1. The fraction of sp³-hybridized carbons (Fsp3) is 0.600. The van der Waals surface area contributed by atoms with Gasteiger partial charge in [0.15, 0.2) is 0 Å². The van der Waals surface area contributed by atoms with E-state index in [1.165, 1.54) is 6.42 Å². The van der Waals surface area contributed by atoms with Crippen LogP contribution in [-0.4, -0.2) is 11.8 Å². The minimum absolute atomic E-state index is 0.0547. The molecule has 3 N–H and O–H groups in total. The molecule has 0 spiro atoms. The van der Waals surface area contributed by atoms with Gasteiger partial charge in [-0.05, 0) is 54.2 Å². The molecule has 1 aromatic rings. The molecule has 1 fully saturated rings. The molecule has 24 heavy (non-hydrogen) atoms. The Balaban J connectivity index is 2.07. The molecule has 0 radical (unpaired) electrons. The van der Waals surface area contributed by atoms with Gasteiger partial charge in [-0.2, -0.15) is 0 Å². The van der Waals surface area contributed by atoms with E-state index in [1.807, 2.05) is 24.3 Å². The third-order valence-corrected chi connectivity index (χ3v) is 5.24. The monoisotopic (exact) mass is 330 g/mol. The van der Waals surface area contributed by atoms with Gasteiger partial charge in [-0.1, -0.05) is 39.8 Å². The Kier molecular flexibility index (Phi) is 5.68. The Morgan fingerprint density at radius 3 is 2.42 bits per heavy atom. The van der Waals surface area contributed by atoms with Gasteiger partial charge in [0.1, 0.15) is 0 Å². The van der Waals surface area contributed by atoms with Crippen LogP contribution in [0.2, 0.25) is 0 Å². The van der Waals surface area contributed by atoms with Crippen LogP contribution in [0.15, 0.2) is 24.3 Å². The van der Waals surface area contributed by atoms with Gasteiger partial charge in [-0.3, -0.25) is 9.59 Å². The van der Waals surface area contributed by atoms with Crippen LogP contribution in [0.5, 0.6) is 0 Å². The zero-order chi connectivity index (χ0) is 17.9. The summed E-state index contributed by atoms with van der Waals surface area (Å²) in [5.74, 6) is 0.765. The fourth-order valence-electron chi connectivity index (χ4n) is 3.83. The molecule has 4 heteroatoms. The van der Waals surface area contributed by atoms with Crippen LogP contribution in [0.3, 0.4) is 0 Å². The van der Waals surface area contributed by atoms with Crippen molar-refractivity contribution in [3.8, 4) is 0 Å². The molecule has 2 rings (SSSR count). The van der Waals surface area contributed by atoms with Crippen LogP contribution in [0.25, 0.3) is 0 Å². The van der Waals surface area contributed by atoms with Crippen LogP contribution < -0.4 is 11.1 Å². The quantitative estimate of drug-likeness (QED) is 0.863. The molecule has 1 aliphatic carbocycles. The molecule has 4 nitrogen and oxygen atoms in total. The van der Waals surface area contributed by atoms with Crippen LogP contribution in [0.1, 0.15) is 52.5 Å². The molecule has 0 saturated heterocycles. The van der Waals surface area contributed by atoms with E-state index in [0.717, 1.165) is 24.1 Å². The van der Waals surface area contributed by atoms with Crippen molar-refractivity contribution in [2.45, 2.75) is 53.4 Å². The lowest BCUT2D eigenvalue weighted by Gasteiger charge is -2.41. The summed E-state index contributed by atoms with van der Waals surface area (Å²) in [6.07, 6.45) is 3.45. The van der Waals surface area contributed by atoms with Crippen molar-refractivity contribution in [2.24, 2.45) is 28.9 Å². The number of nitrogens with two attached hydrogens (primary N) is 1. The maximum atomic E-state index is 12.8. The van der Waals surface area contributed by atoms with E-state index in [2.05, 4.69) is 33.0 Å². The Bertz CT molecular complexity index is 590. The second-order valence-corrected chi connectivity index (χ2v) is 8.25. The Morgan fingerprint density at radius 1 is 1.25 bits per heavy atom. The SMILES string of the molecule is CC(C)C1CCC(C)(C)CC1C(=O)Nc1ccc(CC(N)=O)cc1. The van der Waals surface area contributed by atoms with E-state index in [1.54, 1.807) is 0 Å². The van der Waals surface area contributed by atoms with E-state index in [4.69, 9.17) is 5.73 Å². The number of carbonyl (C=O) groups is 2. The van der Waals surface area contributed by atoms with Gasteiger partial charge in [-0.15, -0.1) is 0 Å². The largest absolute Gasteiger partial charge is 0.369 e. The summed E-state index contributed by atoms with van der Waals surface area (Å²) in [5, 5.41) is 3.06. The van der Waals surface area contributed by atoms with Crippen LogP contribution in [0, 0.1) is 23.2 Å². The highest BCUT2D eigenvalue weighted by molar-refractivity contribution is 5.93. The van der Waals surface area contributed by atoms with E-state index in [0.29, 0.717) is 11.8 Å². The third kappa shape index (κ3) is 4.83. The van der Waals surface area contributed by atoms with Crippen LogP contribution >= 0.6 is 0 Å². The van der Waals surface area contributed by atoms with Crippen molar-refractivity contribution in [3.63, 3.8) is 0 Å². The van der Waals surface area contributed by atoms with Crippen LogP contribution in [-0.2, 0) is 16.0 Å². The van der Waals surface area contributed by atoms with Crippen molar-refractivity contribution in [1.29, 1.82) is 0 Å². The first-order valence-corrected chi connectivity index (χ1v) is 8.86.